The lowest BCUT2D eigenvalue weighted by molar-refractivity contribution is 0.102. The van der Waals surface area contributed by atoms with Gasteiger partial charge in [0, 0.05) is 19.3 Å². The summed E-state index contributed by atoms with van der Waals surface area (Å²) in [6, 6.07) is 0. The van der Waals surface area contributed by atoms with E-state index < -0.39 is 11.7 Å². The van der Waals surface area contributed by atoms with E-state index in [2.05, 4.69) is 36.2 Å². The van der Waals surface area contributed by atoms with E-state index in [1.807, 2.05) is 0 Å². The van der Waals surface area contributed by atoms with Crippen LogP contribution in [0.25, 0.3) is 11.0 Å². The summed E-state index contributed by atoms with van der Waals surface area (Å²) in [4.78, 5) is 22.7. The Morgan fingerprint density at radius 3 is 3.05 bits per heavy atom. The second-order valence-electron chi connectivity index (χ2n) is 4.05. The number of nitrogens with one attached hydrogen (secondary N) is 2. The van der Waals surface area contributed by atoms with Crippen LogP contribution in [0, 0.1) is 12.7 Å². The van der Waals surface area contributed by atoms with Crippen LogP contribution < -0.4 is 5.32 Å². The summed E-state index contributed by atoms with van der Waals surface area (Å²) in [7, 11) is 0. The van der Waals surface area contributed by atoms with Crippen LogP contribution in [0.1, 0.15) is 16.4 Å². The van der Waals surface area contributed by atoms with Gasteiger partial charge in [0.1, 0.15) is 11.9 Å². The molecule has 3 rings (SSSR count). The monoisotopic (exact) mass is 338 g/mol. The topological polar surface area (TPSA) is 83.8 Å². The highest BCUT2D eigenvalue weighted by atomic mass is 79.9. The molecule has 3 aromatic heterocycles. The van der Waals surface area contributed by atoms with Gasteiger partial charge in [0.05, 0.1) is 15.5 Å². The number of nitrogens with zero attached hydrogens (tertiary/aromatic N) is 2. The van der Waals surface area contributed by atoms with Gasteiger partial charge in [-0.15, -0.1) is 0 Å². The summed E-state index contributed by atoms with van der Waals surface area (Å²) >= 11 is 3.06. The molecule has 20 heavy (non-hydrogen) atoms. The number of halogens is 2. The zero-order chi connectivity index (χ0) is 14.3. The molecule has 0 saturated carbocycles. The number of rotatable bonds is 2. The Hall–Kier alpha value is -2.22. The van der Waals surface area contributed by atoms with Crippen LogP contribution >= 0.6 is 15.9 Å². The summed E-state index contributed by atoms with van der Waals surface area (Å²) < 4.78 is 19.2. The van der Waals surface area contributed by atoms with E-state index in [0.717, 1.165) is 0 Å². The standard InChI is InChI=1S/C12H8BrFN4O2/c1-5-17-8(4-20-5)12(19)18-7-3-16-11-9(7)10(14)6(13)2-15-11/h2-4H,1H3,(H,15,16)(H,18,19). The number of aromatic nitrogens is 3. The number of hydrogen-bond donors (Lipinski definition) is 2. The molecule has 0 aliphatic carbocycles. The van der Waals surface area contributed by atoms with Gasteiger partial charge in [-0.25, -0.2) is 14.4 Å². The molecule has 0 atom stereocenters. The van der Waals surface area contributed by atoms with Gasteiger partial charge in [-0.3, -0.25) is 4.79 Å². The van der Waals surface area contributed by atoms with Crippen molar-refractivity contribution in [1.29, 1.82) is 0 Å². The lowest BCUT2D eigenvalue weighted by Crippen LogP contribution is -2.12. The molecule has 3 heterocycles. The normalized spacial score (nSPS) is 10.9. The highest BCUT2D eigenvalue weighted by molar-refractivity contribution is 9.10. The highest BCUT2D eigenvalue weighted by Crippen LogP contribution is 2.29. The smallest absolute Gasteiger partial charge is 0.277 e. The average Bonchev–Trinajstić information content (AvgIpc) is 3.01. The van der Waals surface area contributed by atoms with Crippen molar-refractivity contribution in [3.05, 3.63) is 40.5 Å². The Bertz CT molecular complexity index is 811. The third-order valence-electron chi connectivity index (χ3n) is 2.70. The Morgan fingerprint density at radius 1 is 1.55 bits per heavy atom. The molecule has 0 bridgehead atoms. The minimum Gasteiger partial charge on any atom is -0.448 e. The maximum Gasteiger partial charge on any atom is 0.277 e. The molecule has 3 aromatic rings. The van der Waals surface area contributed by atoms with E-state index in [9.17, 15) is 9.18 Å². The number of aromatic amines is 1. The van der Waals surface area contributed by atoms with E-state index in [1.54, 1.807) is 6.92 Å². The summed E-state index contributed by atoms with van der Waals surface area (Å²) in [5.74, 6) is -0.602. The summed E-state index contributed by atoms with van der Waals surface area (Å²) in [6.07, 6.45) is 4.06. The largest absolute Gasteiger partial charge is 0.448 e. The van der Waals surface area contributed by atoms with Crippen molar-refractivity contribution in [2.24, 2.45) is 0 Å². The van der Waals surface area contributed by atoms with Gasteiger partial charge in [-0.05, 0) is 15.9 Å². The van der Waals surface area contributed by atoms with Gasteiger partial charge < -0.3 is 14.7 Å². The van der Waals surface area contributed by atoms with E-state index in [1.165, 1.54) is 18.7 Å². The highest BCUT2D eigenvalue weighted by Gasteiger charge is 2.17. The molecular formula is C12H8BrFN4O2. The molecule has 0 aliphatic rings. The van der Waals surface area contributed by atoms with Gasteiger partial charge in [0.25, 0.3) is 5.91 Å². The molecule has 6 nitrogen and oxygen atoms in total. The van der Waals surface area contributed by atoms with Crippen LogP contribution in [-0.2, 0) is 0 Å². The van der Waals surface area contributed by atoms with E-state index >= 15 is 0 Å². The van der Waals surface area contributed by atoms with Gasteiger partial charge in [0.2, 0.25) is 0 Å². The van der Waals surface area contributed by atoms with Crippen LogP contribution in [0.15, 0.2) is 27.5 Å². The minimum atomic E-state index is -0.497. The number of anilines is 1. The lowest BCUT2D eigenvalue weighted by Gasteiger charge is -2.02. The lowest BCUT2D eigenvalue weighted by atomic mass is 10.3. The molecule has 0 unspecified atom stereocenters. The number of pyridine rings is 1. The van der Waals surface area contributed by atoms with Crippen molar-refractivity contribution in [2.75, 3.05) is 5.32 Å². The predicted molar refractivity (Wildman–Crippen MR) is 72.9 cm³/mol. The second-order valence-corrected chi connectivity index (χ2v) is 4.91. The zero-order valence-electron chi connectivity index (χ0n) is 10.2. The maximum atomic E-state index is 14.1. The Morgan fingerprint density at radius 2 is 2.35 bits per heavy atom. The maximum absolute atomic E-state index is 14.1. The molecule has 2 N–H and O–H groups in total. The van der Waals surface area contributed by atoms with Crippen LogP contribution in [-0.4, -0.2) is 20.9 Å². The van der Waals surface area contributed by atoms with Gasteiger partial charge in [-0.1, -0.05) is 0 Å². The summed E-state index contributed by atoms with van der Waals surface area (Å²) in [6.45, 7) is 1.63. The van der Waals surface area contributed by atoms with Crippen LogP contribution in [0.2, 0.25) is 0 Å². The fraction of sp³-hybridized carbons (Fsp3) is 0.0833. The van der Waals surface area contributed by atoms with Crippen LogP contribution in [0.4, 0.5) is 10.1 Å². The van der Waals surface area contributed by atoms with Crippen molar-refractivity contribution >= 4 is 38.6 Å². The molecule has 0 spiro atoms. The van der Waals surface area contributed by atoms with Crippen LogP contribution in [0.3, 0.4) is 0 Å². The number of amides is 1. The first-order valence-corrected chi connectivity index (χ1v) is 6.40. The number of fused-ring (bicyclic) bond motifs is 1. The molecule has 8 heteroatoms. The van der Waals surface area contributed by atoms with E-state index in [-0.39, 0.29) is 21.2 Å². The van der Waals surface area contributed by atoms with Crippen molar-refractivity contribution < 1.29 is 13.6 Å². The number of carbonyl (C=O) groups excluding carboxylic acids is 1. The Kier molecular flexibility index (Phi) is 3.01. The Labute approximate surface area is 120 Å². The Balaban J connectivity index is 1.99. The number of aryl methyl sites for hydroxylation is 1. The first kappa shape index (κ1) is 12.8. The number of hydrogen-bond acceptors (Lipinski definition) is 4. The first-order chi connectivity index (χ1) is 9.56. The van der Waals surface area contributed by atoms with Crippen molar-refractivity contribution in [3.63, 3.8) is 0 Å². The fourth-order valence-corrected chi connectivity index (χ4v) is 2.09. The molecule has 0 fully saturated rings. The fourth-order valence-electron chi connectivity index (χ4n) is 1.79. The quantitative estimate of drug-likeness (QED) is 0.752. The number of H-pyrrole nitrogens is 1. The van der Waals surface area contributed by atoms with E-state index in [0.29, 0.717) is 11.5 Å². The van der Waals surface area contributed by atoms with E-state index in [4.69, 9.17) is 4.42 Å². The zero-order valence-corrected chi connectivity index (χ0v) is 11.8. The third-order valence-corrected chi connectivity index (χ3v) is 3.25. The van der Waals surface area contributed by atoms with Gasteiger partial charge in [-0.2, -0.15) is 0 Å². The van der Waals surface area contributed by atoms with Gasteiger partial charge in [0.15, 0.2) is 17.4 Å². The number of carbonyl (C=O) groups is 1. The molecule has 0 aliphatic heterocycles. The molecule has 0 saturated heterocycles. The van der Waals surface area contributed by atoms with Crippen LogP contribution in [0.5, 0.6) is 0 Å². The predicted octanol–water partition coefficient (Wildman–Crippen LogP) is 3.01. The van der Waals surface area contributed by atoms with Crippen molar-refractivity contribution in [2.45, 2.75) is 6.92 Å². The molecule has 102 valence electrons. The molecular weight excluding hydrogens is 331 g/mol. The summed E-state index contributed by atoms with van der Waals surface area (Å²) in [5.41, 5.74) is 0.759. The molecule has 0 radical (unpaired) electrons. The SMILES string of the molecule is Cc1nc(C(=O)Nc2c[nH]c3ncc(Br)c(F)c23)co1. The average molecular weight is 339 g/mol. The summed E-state index contributed by atoms with van der Waals surface area (Å²) in [5, 5.41) is 2.77. The van der Waals surface area contributed by atoms with Gasteiger partial charge >= 0.3 is 0 Å². The molecule has 0 aromatic carbocycles. The van der Waals surface area contributed by atoms with Crippen molar-refractivity contribution in [1.82, 2.24) is 15.0 Å². The molecule has 1 amide bonds. The minimum absolute atomic E-state index is 0.125. The first-order valence-electron chi connectivity index (χ1n) is 5.61. The number of oxazole rings is 1. The van der Waals surface area contributed by atoms with Crippen molar-refractivity contribution in [3.8, 4) is 0 Å². The third kappa shape index (κ3) is 2.07. The second kappa shape index (κ2) is 4.71.